The molecule has 2 N–H and O–H groups in total. The number of hydrogen-bond donors (Lipinski definition) is 2. The molecule has 2 aromatic rings. The fraction of sp³-hybridized carbons (Fsp3) is 0.300. The van der Waals surface area contributed by atoms with Gasteiger partial charge in [0.2, 0.25) is 5.91 Å². The highest BCUT2D eigenvalue weighted by molar-refractivity contribution is 5.96. The molecule has 26 heavy (non-hydrogen) atoms. The summed E-state index contributed by atoms with van der Waals surface area (Å²) in [4.78, 5) is 25.9. The Morgan fingerprint density at radius 2 is 1.73 bits per heavy atom. The van der Waals surface area contributed by atoms with Crippen molar-refractivity contribution in [2.24, 2.45) is 0 Å². The van der Waals surface area contributed by atoms with Gasteiger partial charge in [0, 0.05) is 18.8 Å². The van der Waals surface area contributed by atoms with Crippen LogP contribution in [0.5, 0.6) is 5.75 Å². The van der Waals surface area contributed by atoms with Crippen molar-refractivity contribution in [2.75, 3.05) is 25.1 Å². The molecule has 2 rings (SSSR count). The first-order chi connectivity index (χ1) is 12.6. The highest BCUT2D eigenvalue weighted by Gasteiger charge is 2.14. The lowest BCUT2D eigenvalue weighted by Gasteiger charge is -2.24. The number of imide groups is 1. The van der Waals surface area contributed by atoms with Gasteiger partial charge in [-0.1, -0.05) is 37.3 Å². The molecule has 2 aromatic carbocycles. The number of amides is 3. The van der Waals surface area contributed by atoms with E-state index in [1.165, 1.54) is 0 Å². The van der Waals surface area contributed by atoms with Gasteiger partial charge in [-0.2, -0.15) is 0 Å². The van der Waals surface area contributed by atoms with Crippen molar-refractivity contribution in [3.63, 3.8) is 0 Å². The average Bonchev–Trinajstić information content (AvgIpc) is 2.66. The second-order valence-corrected chi connectivity index (χ2v) is 5.84. The van der Waals surface area contributed by atoms with Crippen LogP contribution >= 0.6 is 0 Å². The number of carbonyl (C=O) groups excluding carboxylic acids is 2. The zero-order valence-electron chi connectivity index (χ0n) is 15.2. The lowest BCUT2D eigenvalue weighted by molar-refractivity contribution is -0.118. The maximum Gasteiger partial charge on any atom is 0.321 e. The molecule has 6 nitrogen and oxygen atoms in total. The van der Waals surface area contributed by atoms with Crippen molar-refractivity contribution in [3.8, 4) is 5.75 Å². The molecule has 0 heterocycles. The number of urea groups is 1. The van der Waals surface area contributed by atoms with Crippen LogP contribution in [0.15, 0.2) is 54.6 Å². The van der Waals surface area contributed by atoms with Crippen molar-refractivity contribution < 1.29 is 14.3 Å². The molecule has 0 aromatic heterocycles. The van der Waals surface area contributed by atoms with E-state index in [1.807, 2.05) is 66.4 Å². The van der Waals surface area contributed by atoms with E-state index in [2.05, 4.69) is 10.6 Å². The zero-order valence-corrected chi connectivity index (χ0v) is 15.2. The number of rotatable bonds is 8. The van der Waals surface area contributed by atoms with Gasteiger partial charge < -0.3 is 15.0 Å². The number of nitrogens with one attached hydrogen (secondary N) is 2. The second-order valence-electron chi connectivity index (χ2n) is 5.84. The fourth-order valence-electron chi connectivity index (χ4n) is 2.46. The number of carbonyl (C=O) groups is 2. The van der Waals surface area contributed by atoms with Crippen LogP contribution in [0.4, 0.5) is 10.5 Å². The van der Waals surface area contributed by atoms with Crippen LogP contribution in [-0.2, 0) is 11.3 Å². The van der Waals surface area contributed by atoms with E-state index in [-0.39, 0.29) is 12.5 Å². The number of methoxy groups -OCH3 is 1. The largest absolute Gasteiger partial charge is 0.497 e. The Bertz CT molecular complexity index is 702. The van der Waals surface area contributed by atoms with Gasteiger partial charge in [-0.05, 0) is 36.2 Å². The summed E-state index contributed by atoms with van der Waals surface area (Å²) >= 11 is 0. The molecule has 0 aliphatic carbocycles. The molecule has 0 spiro atoms. The maximum atomic E-state index is 12.3. The molecule has 0 aliphatic rings. The van der Waals surface area contributed by atoms with E-state index in [0.717, 1.165) is 23.4 Å². The third kappa shape index (κ3) is 6.12. The van der Waals surface area contributed by atoms with Crippen molar-refractivity contribution in [2.45, 2.75) is 19.9 Å². The van der Waals surface area contributed by atoms with Crippen LogP contribution in [0.25, 0.3) is 0 Å². The molecule has 0 fully saturated rings. The summed E-state index contributed by atoms with van der Waals surface area (Å²) in [5, 5.41) is 5.00. The average molecular weight is 355 g/mol. The maximum absolute atomic E-state index is 12.3. The predicted molar refractivity (Wildman–Crippen MR) is 102 cm³/mol. The van der Waals surface area contributed by atoms with Crippen molar-refractivity contribution in [1.29, 1.82) is 0 Å². The quantitative estimate of drug-likeness (QED) is 0.764. The molecule has 138 valence electrons. The van der Waals surface area contributed by atoms with E-state index >= 15 is 0 Å². The minimum atomic E-state index is -0.466. The van der Waals surface area contributed by atoms with Crippen LogP contribution < -0.4 is 20.3 Å². The lowest BCUT2D eigenvalue weighted by atomic mass is 10.2. The molecule has 0 aliphatic heterocycles. The Balaban J connectivity index is 2.09. The van der Waals surface area contributed by atoms with Crippen LogP contribution in [0.3, 0.4) is 0 Å². The van der Waals surface area contributed by atoms with E-state index in [0.29, 0.717) is 13.1 Å². The summed E-state index contributed by atoms with van der Waals surface area (Å²) in [5.74, 6) is 0.391. The number of nitrogens with zero attached hydrogens (tertiary/aromatic N) is 1. The highest BCUT2D eigenvalue weighted by atomic mass is 16.5. The monoisotopic (exact) mass is 355 g/mol. The molecule has 3 amide bonds. The first-order valence-electron chi connectivity index (χ1n) is 8.63. The SMILES string of the molecule is CCCNC(=O)NC(=O)CN(Cc1ccccc1)c1ccc(OC)cc1. The van der Waals surface area contributed by atoms with Crippen molar-refractivity contribution >= 4 is 17.6 Å². The Kier molecular flexibility index (Phi) is 7.49. The van der Waals surface area contributed by atoms with Crippen LogP contribution in [0.2, 0.25) is 0 Å². The Hall–Kier alpha value is -3.02. The number of benzene rings is 2. The molecule has 0 bridgehead atoms. The Labute approximate surface area is 154 Å². The topological polar surface area (TPSA) is 70.7 Å². The Morgan fingerprint density at radius 3 is 2.35 bits per heavy atom. The first kappa shape index (κ1) is 19.3. The zero-order chi connectivity index (χ0) is 18.8. The minimum Gasteiger partial charge on any atom is -0.497 e. The van der Waals surface area contributed by atoms with Crippen LogP contribution in [0, 0.1) is 0 Å². The molecule has 0 atom stereocenters. The number of ether oxygens (including phenoxy) is 1. The van der Waals surface area contributed by atoms with E-state index in [9.17, 15) is 9.59 Å². The third-order valence-corrected chi connectivity index (χ3v) is 3.78. The number of anilines is 1. The van der Waals surface area contributed by atoms with Crippen LogP contribution in [0.1, 0.15) is 18.9 Å². The van der Waals surface area contributed by atoms with Gasteiger partial charge in [-0.25, -0.2) is 4.79 Å². The number of hydrogen-bond acceptors (Lipinski definition) is 4. The van der Waals surface area contributed by atoms with E-state index in [4.69, 9.17) is 4.74 Å². The molecule has 0 unspecified atom stereocenters. The van der Waals surface area contributed by atoms with E-state index < -0.39 is 6.03 Å². The summed E-state index contributed by atoms with van der Waals surface area (Å²) in [6.45, 7) is 3.11. The van der Waals surface area contributed by atoms with Gasteiger partial charge in [0.1, 0.15) is 5.75 Å². The highest BCUT2D eigenvalue weighted by Crippen LogP contribution is 2.21. The normalized spacial score (nSPS) is 10.1. The molecule has 0 saturated carbocycles. The smallest absolute Gasteiger partial charge is 0.321 e. The van der Waals surface area contributed by atoms with Gasteiger partial charge in [0.05, 0.1) is 13.7 Å². The van der Waals surface area contributed by atoms with Crippen molar-refractivity contribution in [3.05, 3.63) is 60.2 Å². The van der Waals surface area contributed by atoms with Gasteiger partial charge in [0.15, 0.2) is 0 Å². The summed E-state index contributed by atoms with van der Waals surface area (Å²) in [7, 11) is 1.61. The molecular formula is C20H25N3O3. The summed E-state index contributed by atoms with van der Waals surface area (Å²) in [5.41, 5.74) is 1.95. The first-order valence-corrected chi connectivity index (χ1v) is 8.63. The molecule has 0 radical (unpaired) electrons. The minimum absolute atomic E-state index is 0.0702. The van der Waals surface area contributed by atoms with Crippen LogP contribution in [-0.4, -0.2) is 32.1 Å². The molecule has 0 saturated heterocycles. The van der Waals surface area contributed by atoms with Gasteiger partial charge in [-0.3, -0.25) is 10.1 Å². The van der Waals surface area contributed by atoms with Gasteiger partial charge in [-0.15, -0.1) is 0 Å². The molecular weight excluding hydrogens is 330 g/mol. The third-order valence-electron chi connectivity index (χ3n) is 3.78. The molecule has 6 heteroatoms. The van der Waals surface area contributed by atoms with Gasteiger partial charge in [0.25, 0.3) is 0 Å². The fourth-order valence-corrected chi connectivity index (χ4v) is 2.46. The predicted octanol–water partition coefficient (Wildman–Crippen LogP) is 2.94. The van der Waals surface area contributed by atoms with Crippen molar-refractivity contribution in [1.82, 2.24) is 10.6 Å². The second kappa shape index (κ2) is 10.1. The summed E-state index contributed by atoms with van der Waals surface area (Å²) in [6.07, 6.45) is 0.813. The standard InChI is InChI=1S/C20H25N3O3/c1-3-13-21-20(25)22-19(24)15-23(14-16-7-5-4-6-8-16)17-9-11-18(26-2)12-10-17/h4-12H,3,13-15H2,1-2H3,(H2,21,22,24,25). The summed E-state index contributed by atoms with van der Waals surface area (Å²) < 4.78 is 5.19. The lowest BCUT2D eigenvalue weighted by Crippen LogP contribution is -2.44. The summed E-state index contributed by atoms with van der Waals surface area (Å²) in [6, 6.07) is 16.9. The van der Waals surface area contributed by atoms with Gasteiger partial charge >= 0.3 is 6.03 Å². The van der Waals surface area contributed by atoms with E-state index in [1.54, 1.807) is 7.11 Å². The Morgan fingerprint density at radius 1 is 1.04 bits per heavy atom.